The van der Waals surface area contributed by atoms with Crippen LogP contribution in [0.4, 0.5) is 5.82 Å². The van der Waals surface area contributed by atoms with Crippen LogP contribution in [-0.4, -0.2) is 53.6 Å². The summed E-state index contributed by atoms with van der Waals surface area (Å²) in [5.74, 6) is 1.73. The fraction of sp³-hybridized carbons (Fsp3) is 0.722. The first-order chi connectivity index (χ1) is 11.4. The van der Waals surface area contributed by atoms with E-state index >= 15 is 0 Å². The Kier molecular flexibility index (Phi) is 4.62. The Balaban J connectivity index is 2.02. The summed E-state index contributed by atoms with van der Waals surface area (Å²) in [5, 5.41) is 0. The zero-order valence-electron chi connectivity index (χ0n) is 15.4. The van der Waals surface area contributed by atoms with Crippen LogP contribution in [0.15, 0.2) is 0 Å². The zero-order chi connectivity index (χ0) is 17.5. The Labute approximate surface area is 144 Å². The molecule has 0 saturated carbocycles. The van der Waals surface area contributed by atoms with Crippen LogP contribution in [0.1, 0.15) is 50.7 Å². The average molecular weight is 332 g/mol. The quantitative estimate of drug-likeness (QED) is 0.826. The SMILES string of the molecule is COCCN1C(=O)Cc2c(C)nc(C3(C)CCCN3C(C)C)nc21. The van der Waals surface area contributed by atoms with E-state index in [2.05, 4.69) is 25.7 Å². The van der Waals surface area contributed by atoms with Crippen LogP contribution in [0.3, 0.4) is 0 Å². The average Bonchev–Trinajstić information content (AvgIpc) is 3.07. The molecule has 1 saturated heterocycles. The molecule has 24 heavy (non-hydrogen) atoms. The lowest BCUT2D eigenvalue weighted by Crippen LogP contribution is -2.44. The highest BCUT2D eigenvalue weighted by Crippen LogP contribution is 2.40. The van der Waals surface area contributed by atoms with E-state index in [1.807, 2.05) is 6.92 Å². The molecule has 0 aliphatic carbocycles. The second-order valence-corrected chi connectivity index (χ2v) is 7.31. The number of hydrogen-bond acceptors (Lipinski definition) is 5. The van der Waals surface area contributed by atoms with E-state index < -0.39 is 0 Å². The number of aryl methyl sites for hydroxylation is 1. The van der Waals surface area contributed by atoms with Crippen LogP contribution in [0.25, 0.3) is 0 Å². The van der Waals surface area contributed by atoms with E-state index in [-0.39, 0.29) is 11.4 Å². The summed E-state index contributed by atoms with van der Waals surface area (Å²) in [5.41, 5.74) is 1.74. The summed E-state index contributed by atoms with van der Waals surface area (Å²) >= 11 is 0. The lowest BCUT2D eigenvalue weighted by molar-refractivity contribution is -0.117. The number of hydrogen-bond donors (Lipinski definition) is 0. The molecular weight excluding hydrogens is 304 g/mol. The molecule has 1 fully saturated rings. The van der Waals surface area contributed by atoms with Gasteiger partial charge in [-0.25, -0.2) is 9.97 Å². The number of methoxy groups -OCH3 is 1. The van der Waals surface area contributed by atoms with E-state index in [0.29, 0.717) is 25.6 Å². The fourth-order valence-corrected chi connectivity index (χ4v) is 4.08. The van der Waals surface area contributed by atoms with Crippen molar-refractivity contribution in [2.24, 2.45) is 0 Å². The first-order valence-electron chi connectivity index (χ1n) is 8.82. The molecule has 1 amide bonds. The van der Waals surface area contributed by atoms with Gasteiger partial charge in [0.2, 0.25) is 5.91 Å². The van der Waals surface area contributed by atoms with Gasteiger partial charge in [0.25, 0.3) is 0 Å². The number of carbonyl (C=O) groups is 1. The first-order valence-corrected chi connectivity index (χ1v) is 8.82. The third kappa shape index (κ3) is 2.71. The standard InChI is InChI=1S/C18H28N4O2/c1-12(2)22-8-6-7-18(22,4)17-19-13(3)14-11-15(23)21(9-10-24-5)16(14)20-17/h12H,6-11H2,1-5H3. The number of aromatic nitrogens is 2. The predicted molar refractivity (Wildman–Crippen MR) is 93.1 cm³/mol. The van der Waals surface area contributed by atoms with Crippen molar-refractivity contribution >= 4 is 11.7 Å². The molecule has 1 unspecified atom stereocenters. The first kappa shape index (κ1) is 17.3. The highest BCUT2D eigenvalue weighted by atomic mass is 16.5. The predicted octanol–water partition coefficient (Wildman–Crippen LogP) is 2.04. The number of nitrogens with zero attached hydrogens (tertiary/aromatic N) is 4. The molecule has 3 heterocycles. The van der Waals surface area contributed by atoms with Gasteiger partial charge in [-0.05, 0) is 47.1 Å². The molecule has 6 nitrogen and oxygen atoms in total. The van der Waals surface area contributed by atoms with Crippen LogP contribution in [0.5, 0.6) is 0 Å². The van der Waals surface area contributed by atoms with E-state index in [4.69, 9.17) is 14.7 Å². The van der Waals surface area contributed by atoms with E-state index in [9.17, 15) is 4.79 Å². The molecule has 1 atom stereocenters. The Bertz CT molecular complexity index is 646. The van der Waals surface area contributed by atoms with Crippen molar-refractivity contribution in [3.05, 3.63) is 17.1 Å². The molecule has 3 rings (SSSR count). The van der Waals surface area contributed by atoms with Gasteiger partial charge in [0.15, 0.2) is 5.82 Å². The van der Waals surface area contributed by atoms with E-state index in [0.717, 1.165) is 42.3 Å². The van der Waals surface area contributed by atoms with Crippen molar-refractivity contribution < 1.29 is 9.53 Å². The largest absolute Gasteiger partial charge is 0.383 e. The van der Waals surface area contributed by atoms with E-state index in [1.165, 1.54) is 0 Å². The molecular formula is C18H28N4O2. The Morgan fingerprint density at radius 3 is 2.75 bits per heavy atom. The molecule has 6 heteroatoms. The van der Waals surface area contributed by atoms with Gasteiger partial charge in [-0.2, -0.15) is 0 Å². The third-order valence-electron chi connectivity index (χ3n) is 5.40. The molecule has 0 N–H and O–H groups in total. The highest BCUT2D eigenvalue weighted by molar-refractivity contribution is 6.00. The number of amides is 1. The van der Waals surface area contributed by atoms with Gasteiger partial charge < -0.3 is 4.74 Å². The van der Waals surface area contributed by atoms with Gasteiger partial charge in [-0.1, -0.05) is 0 Å². The molecule has 132 valence electrons. The number of carbonyl (C=O) groups excluding carboxylic acids is 1. The van der Waals surface area contributed by atoms with Gasteiger partial charge in [-0.15, -0.1) is 0 Å². The minimum absolute atomic E-state index is 0.0916. The van der Waals surface area contributed by atoms with Gasteiger partial charge in [0.05, 0.1) is 25.1 Å². The van der Waals surface area contributed by atoms with Crippen LogP contribution >= 0.6 is 0 Å². The second-order valence-electron chi connectivity index (χ2n) is 7.31. The van der Waals surface area contributed by atoms with Crippen molar-refractivity contribution in [3.8, 4) is 0 Å². The Morgan fingerprint density at radius 1 is 1.33 bits per heavy atom. The molecule has 0 aromatic carbocycles. The smallest absolute Gasteiger partial charge is 0.232 e. The van der Waals surface area contributed by atoms with Crippen LogP contribution < -0.4 is 4.90 Å². The van der Waals surface area contributed by atoms with Crippen LogP contribution in [-0.2, 0) is 21.5 Å². The lowest BCUT2D eigenvalue weighted by atomic mass is 9.96. The molecule has 2 aliphatic heterocycles. The van der Waals surface area contributed by atoms with E-state index in [1.54, 1.807) is 12.0 Å². The maximum Gasteiger partial charge on any atom is 0.232 e. The summed E-state index contributed by atoms with van der Waals surface area (Å²) < 4.78 is 5.15. The zero-order valence-corrected chi connectivity index (χ0v) is 15.4. The maximum atomic E-state index is 12.4. The Morgan fingerprint density at radius 2 is 2.08 bits per heavy atom. The summed E-state index contributed by atoms with van der Waals surface area (Å²) in [6, 6.07) is 0.445. The van der Waals surface area contributed by atoms with Gasteiger partial charge >= 0.3 is 0 Å². The van der Waals surface area contributed by atoms with Crippen molar-refractivity contribution in [2.45, 2.75) is 58.5 Å². The molecule has 1 aromatic heterocycles. The number of anilines is 1. The summed E-state index contributed by atoms with van der Waals surface area (Å²) in [6.07, 6.45) is 2.60. The lowest BCUT2D eigenvalue weighted by Gasteiger charge is -2.37. The number of likely N-dealkylation sites (tertiary alicyclic amines) is 1. The third-order valence-corrected chi connectivity index (χ3v) is 5.40. The van der Waals surface area contributed by atoms with Crippen molar-refractivity contribution in [2.75, 3.05) is 31.7 Å². The number of fused-ring (bicyclic) bond motifs is 1. The number of rotatable bonds is 5. The minimum Gasteiger partial charge on any atom is -0.383 e. The molecule has 1 aromatic rings. The molecule has 0 radical (unpaired) electrons. The van der Waals surface area contributed by atoms with Crippen molar-refractivity contribution in [1.29, 1.82) is 0 Å². The van der Waals surface area contributed by atoms with Crippen molar-refractivity contribution in [3.63, 3.8) is 0 Å². The fourth-order valence-electron chi connectivity index (χ4n) is 4.08. The molecule has 2 aliphatic rings. The highest BCUT2D eigenvalue weighted by Gasteiger charge is 2.43. The second kappa shape index (κ2) is 6.41. The topological polar surface area (TPSA) is 58.6 Å². The maximum absolute atomic E-state index is 12.4. The molecule has 0 bridgehead atoms. The summed E-state index contributed by atoms with van der Waals surface area (Å²) in [7, 11) is 1.65. The summed E-state index contributed by atoms with van der Waals surface area (Å²) in [4.78, 5) is 26.3. The minimum atomic E-state index is -0.160. The summed E-state index contributed by atoms with van der Waals surface area (Å²) in [6.45, 7) is 10.8. The molecule has 0 spiro atoms. The van der Waals surface area contributed by atoms with Gasteiger partial charge in [0, 0.05) is 24.4 Å². The number of ether oxygens (including phenoxy) is 1. The monoisotopic (exact) mass is 332 g/mol. The normalized spacial score (nSPS) is 24.2. The van der Waals surface area contributed by atoms with Crippen molar-refractivity contribution in [1.82, 2.24) is 14.9 Å². The van der Waals surface area contributed by atoms with Gasteiger partial charge in [0.1, 0.15) is 5.82 Å². The van der Waals surface area contributed by atoms with Crippen LogP contribution in [0, 0.1) is 6.92 Å². The van der Waals surface area contributed by atoms with Crippen LogP contribution in [0.2, 0.25) is 0 Å². The Hall–Kier alpha value is -1.53. The van der Waals surface area contributed by atoms with Gasteiger partial charge in [-0.3, -0.25) is 14.6 Å².